The van der Waals surface area contributed by atoms with Crippen molar-refractivity contribution in [2.24, 2.45) is 5.92 Å². The van der Waals surface area contributed by atoms with E-state index in [0.717, 1.165) is 22.7 Å². The highest BCUT2D eigenvalue weighted by Crippen LogP contribution is 2.36. The average Bonchev–Trinajstić information content (AvgIpc) is 2.78. The van der Waals surface area contributed by atoms with Gasteiger partial charge in [0.2, 0.25) is 17.7 Å². The lowest BCUT2D eigenvalue weighted by Gasteiger charge is -2.34. The van der Waals surface area contributed by atoms with Gasteiger partial charge in [0.05, 0.1) is 5.69 Å². The molecule has 2 aromatic carbocycles. The number of aryl methyl sites for hydroxylation is 1. The number of fused-ring (bicyclic) bond motifs is 1. The smallest absolute Gasteiger partial charge is 0.247 e. The fourth-order valence-corrected chi connectivity index (χ4v) is 4.88. The van der Waals surface area contributed by atoms with Crippen molar-refractivity contribution in [2.45, 2.75) is 36.3 Å². The lowest BCUT2D eigenvalue weighted by Crippen LogP contribution is -2.48. The number of hydrogen-bond acceptors (Lipinski definition) is 4. The second-order valence-electron chi connectivity index (χ2n) is 7.62. The first-order valence-corrected chi connectivity index (χ1v) is 11.2. The number of thioether (sulfide) groups is 1. The van der Waals surface area contributed by atoms with Crippen LogP contribution < -0.4 is 10.6 Å². The number of anilines is 2. The predicted octanol–water partition coefficient (Wildman–Crippen LogP) is 3.54. The van der Waals surface area contributed by atoms with Crippen molar-refractivity contribution < 1.29 is 14.4 Å². The van der Waals surface area contributed by atoms with Crippen LogP contribution in [0.25, 0.3) is 0 Å². The summed E-state index contributed by atoms with van der Waals surface area (Å²) in [5.74, 6) is -0.598. The zero-order valence-electron chi connectivity index (χ0n) is 16.9. The van der Waals surface area contributed by atoms with E-state index >= 15 is 0 Å². The monoisotopic (exact) mass is 423 g/mol. The van der Waals surface area contributed by atoms with Gasteiger partial charge in [0.25, 0.3) is 0 Å². The van der Waals surface area contributed by atoms with E-state index in [2.05, 4.69) is 17.6 Å². The van der Waals surface area contributed by atoms with Gasteiger partial charge in [-0.25, -0.2) is 0 Å². The largest absolute Gasteiger partial charge is 0.341 e. The number of para-hydroxylation sites is 1. The summed E-state index contributed by atoms with van der Waals surface area (Å²) in [6.07, 6.45) is 2.16. The summed E-state index contributed by atoms with van der Waals surface area (Å²) < 4.78 is 0. The summed E-state index contributed by atoms with van der Waals surface area (Å²) >= 11 is 1.30. The van der Waals surface area contributed by atoms with Gasteiger partial charge in [-0.15, -0.1) is 11.8 Å². The predicted molar refractivity (Wildman–Crippen MR) is 118 cm³/mol. The molecule has 0 saturated carbocycles. The quantitative estimate of drug-likeness (QED) is 0.738. The van der Waals surface area contributed by atoms with Crippen molar-refractivity contribution in [3.63, 3.8) is 0 Å². The summed E-state index contributed by atoms with van der Waals surface area (Å²) in [7, 11) is 0. The fraction of sp³-hybridized carbons (Fsp3) is 0.348. The first-order valence-electron chi connectivity index (χ1n) is 10.3. The number of likely N-dealkylation sites (tertiary alicyclic amines) is 1. The molecule has 1 atom stereocenters. The van der Waals surface area contributed by atoms with E-state index in [1.54, 1.807) is 4.90 Å². The van der Waals surface area contributed by atoms with Crippen LogP contribution in [0.3, 0.4) is 0 Å². The van der Waals surface area contributed by atoms with E-state index in [1.807, 2.05) is 48.5 Å². The third kappa shape index (κ3) is 4.36. The molecule has 2 heterocycles. The Morgan fingerprint density at radius 1 is 1.10 bits per heavy atom. The minimum Gasteiger partial charge on any atom is -0.341 e. The molecule has 1 saturated heterocycles. The van der Waals surface area contributed by atoms with Crippen LogP contribution in [0.15, 0.2) is 53.4 Å². The van der Waals surface area contributed by atoms with Gasteiger partial charge in [-0.2, -0.15) is 0 Å². The number of carbonyl (C=O) groups excluding carboxylic acids is 3. The number of hydrogen-bond donors (Lipinski definition) is 2. The Kier molecular flexibility index (Phi) is 6.08. The Bertz CT molecular complexity index is 952. The van der Waals surface area contributed by atoms with Crippen molar-refractivity contribution >= 4 is 40.9 Å². The van der Waals surface area contributed by atoms with Gasteiger partial charge in [-0.05, 0) is 49.1 Å². The Balaban J connectivity index is 1.32. The Hall–Kier alpha value is -2.80. The standard InChI is InChI=1S/C23H25N3O3S/c1-2-15-7-9-17(10-8-15)24-21(27)16-11-13-26(14-12-16)23(29)20-22(28)25-18-5-3-4-6-19(18)30-20/h3-10,16,20H,2,11-14H2,1H3,(H,24,27)(H,25,28). The molecule has 2 aliphatic rings. The van der Waals surface area contributed by atoms with E-state index in [0.29, 0.717) is 25.9 Å². The summed E-state index contributed by atoms with van der Waals surface area (Å²) in [6, 6.07) is 15.4. The van der Waals surface area contributed by atoms with E-state index in [-0.39, 0.29) is 23.6 Å². The van der Waals surface area contributed by atoms with Crippen LogP contribution in [0.4, 0.5) is 11.4 Å². The Labute approximate surface area is 180 Å². The van der Waals surface area contributed by atoms with Crippen LogP contribution in [0.5, 0.6) is 0 Å². The number of carbonyl (C=O) groups is 3. The van der Waals surface area contributed by atoms with Crippen LogP contribution in [0.2, 0.25) is 0 Å². The van der Waals surface area contributed by atoms with Gasteiger partial charge in [0.1, 0.15) is 0 Å². The third-order valence-electron chi connectivity index (χ3n) is 5.66. The van der Waals surface area contributed by atoms with Gasteiger partial charge >= 0.3 is 0 Å². The van der Waals surface area contributed by atoms with Crippen molar-refractivity contribution in [1.29, 1.82) is 0 Å². The van der Waals surface area contributed by atoms with E-state index in [4.69, 9.17) is 0 Å². The number of piperidine rings is 1. The van der Waals surface area contributed by atoms with E-state index < -0.39 is 5.25 Å². The molecule has 156 valence electrons. The van der Waals surface area contributed by atoms with Crippen LogP contribution in [0.1, 0.15) is 25.3 Å². The Morgan fingerprint density at radius 3 is 2.50 bits per heavy atom. The van der Waals surface area contributed by atoms with Crippen molar-refractivity contribution in [3.8, 4) is 0 Å². The second-order valence-corrected chi connectivity index (χ2v) is 8.77. The maximum atomic E-state index is 12.9. The summed E-state index contributed by atoms with van der Waals surface area (Å²) in [4.78, 5) is 40.6. The van der Waals surface area contributed by atoms with Crippen LogP contribution >= 0.6 is 11.8 Å². The first-order chi connectivity index (χ1) is 14.5. The number of benzene rings is 2. The molecule has 4 rings (SSSR count). The number of nitrogens with one attached hydrogen (secondary N) is 2. The number of nitrogens with zero attached hydrogens (tertiary/aromatic N) is 1. The molecule has 0 aliphatic carbocycles. The topological polar surface area (TPSA) is 78.5 Å². The maximum Gasteiger partial charge on any atom is 0.247 e. The van der Waals surface area contributed by atoms with Crippen LogP contribution in [0, 0.1) is 5.92 Å². The zero-order chi connectivity index (χ0) is 21.1. The zero-order valence-corrected chi connectivity index (χ0v) is 17.7. The summed E-state index contributed by atoms with van der Waals surface area (Å²) in [5, 5.41) is 5.02. The summed E-state index contributed by atoms with van der Waals surface area (Å²) in [5.41, 5.74) is 2.77. The normalized spacial score (nSPS) is 19.0. The first kappa shape index (κ1) is 20.5. The molecule has 2 aromatic rings. The molecule has 7 heteroatoms. The fourth-order valence-electron chi connectivity index (χ4n) is 3.81. The highest BCUT2D eigenvalue weighted by molar-refractivity contribution is 8.01. The Morgan fingerprint density at radius 2 is 1.80 bits per heavy atom. The summed E-state index contributed by atoms with van der Waals surface area (Å²) in [6.45, 7) is 3.06. The van der Waals surface area contributed by atoms with Crippen LogP contribution in [-0.2, 0) is 20.8 Å². The van der Waals surface area contributed by atoms with Gasteiger partial charge < -0.3 is 15.5 Å². The van der Waals surface area contributed by atoms with Crippen molar-refractivity contribution in [2.75, 3.05) is 23.7 Å². The van der Waals surface area contributed by atoms with Crippen molar-refractivity contribution in [1.82, 2.24) is 4.90 Å². The van der Waals surface area contributed by atoms with Crippen LogP contribution in [-0.4, -0.2) is 41.0 Å². The van der Waals surface area contributed by atoms with Gasteiger partial charge in [-0.1, -0.05) is 31.2 Å². The number of amides is 3. The molecule has 30 heavy (non-hydrogen) atoms. The van der Waals surface area contributed by atoms with Gasteiger partial charge in [0, 0.05) is 29.6 Å². The molecule has 1 unspecified atom stereocenters. The van der Waals surface area contributed by atoms with E-state index in [1.165, 1.54) is 17.3 Å². The lowest BCUT2D eigenvalue weighted by molar-refractivity contribution is -0.136. The molecule has 1 fully saturated rings. The maximum absolute atomic E-state index is 12.9. The molecule has 0 bridgehead atoms. The molecule has 6 nitrogen and oxygen atoms in total. The minimum atomic E-state index is -0.776. The average molecular weight is 424 g/mol. The molecule has 0 spiro atoms. The van der Waals surface area contributed by atoms with Crippen molar-refractivity contribution in [3.05, 3.63) is 54.1 Å². The minimum absolute atomic E-state index is 0.00920. The lowest BCUT2D eigenvalue weighted by atomic mass is 9.95. The molecule has 2 N–H and O–H groups in total. The highest BCUT2D eigenvalue weighted by Gasteiger charge is 2.37. The van der Waals surface area contributed by atoms with E-state index in [9.17, 15) is 14.4 Å². The molecular formula is C23H25N3O3S. The SMILES string of the molecule is CCc1ccc(NC(=O)C2CCN(C(=O)C3Sc4ccccc4NC3=O)CC2)cc1. The van der Waals surface area contributed by atoms with Gasteiger partial charge in [-0.3, -0.25) is 14.4 Å². The second kappa shape index (κ2) is 8.92. The highest BCUT2D eigenvalue weighted by atomic mass is 32.2. The molecule has 0 radical (unpaired) electrons. The molecule has 3 amide bonds. The number of rotatable bonds is 4. The van der Waals surface area contributed by atoms with Gasteiger partial charge in [0.15, 0.2) is 5.25 Å². The third-order valence-corrected chi connectivity index (χ3v) is 6.92. The molecule has 2 aliphatic heterocycles. The molecule has 0 aromatic heterocycles. The molecular weight excluding hydrogens is 398 g/mol.